The summed E-state index contributed by atoms with van der Waals surface area (Å²) in [7, 11) is 1.73. The second-order valence-electron chi connectivity index (χ2n) is 7.36. The number of rotatable bonds is 4. The van der Waals surface area contributed by atoms with Crippen LogP contribution >= 0.6 is 0 Å². The van der Waals surface area contributed by atoms with Gasteiger partial charge in [0.1, 0.15) is 5.75 Å². The first-order valence-corrected chi connectivity index (χ1v) is 9.94. The Morgan fingerprint density at radius 1 is 1.03 bits per heavy atom. The zero-order valence-electron chi connectivity index (χ0n) is 17.0. The van der Waals surface area contributed by atoms with Crippen molar-refractivity contribution in [3.05, 3.63) is 95.1 Å². The molecule has 0 aliphatic carbocycles. The van der Waals surface area contributed by atoms with Crippen LogP contribution in [0.15, 0.2) is 72.8 Å². The first-order chi connectivity index (χ1) is 15.0. The van der Waals surface area contributed by atoms with E-state index in [9.17, 15) is 9.59 Å². The summed E-state index contributed by atoms with van der Waals surface area (Å²) in [6, 6.07) is 22.1. The number of aromatic carboxylic acids is 1. The lowest BCUT2D eigenvalue weighted by molar-refractivity contribution is -0.125. The Kier molecular flexibility index (Phi) is 5.72. The van der Waals surface area contributed by atoms with Crippen LogP contribution in [0.4, 0.5) is 5.69 Å². The second-order valence-corrected chi connectivity index (χ2v) is 7.36. The molecule has 1 atom stereocenters. The fourth-order valence-electron chi connectivity index (χ4n) is 3.47. The summed E-state index contributed by atoms with van der Waals surface area (Å²) in [5, 5.41) is 9.04. The van der Waals surface area contributed by atoms with E-state index in [1.165, 1.54) is 12.1 Å². The van der Waals surface area contributed by atoms with Gasteiger partial charge < -0.3 is 14.7 Å². The first kappa shape index (κ1) is 20.2. The molecule has 0 bridgehead atoms. The van der Waals surface area contributed by atoms with Gasteiger partial charge in [0.25, 0.3) is 5.91 Å². The summed E-state index contributed by atoms with van der Waals surface area (Å²) in [5.74, 6) is 5.83. The number of benzene rings is 3. The molecule has 154 valence electrons. The van der Waals surface area contributed by atoms with Gasteiger partial charge in [-0.1, -0.05) is 54.3 Å². The van der Waals surface area contributed by atoms with E-state index in [1.54, 1.807) is 24.1 Å². The second kappa shape index (κ2) is 8.76. The summed E-state index contributed by atoms with van der Waals surface area (Å²) in [6.07, 6.45) is 0.333. The van der Waals surface area contributed by atoms with Gasteiger partial charge in [-0.25, -0.2) is 4.79 Å². The maximum Gasteiger partial charge on any atom is 0.335 e. The number of nitrogens with zero attached hydrogens (tertiary/aromatic N) is 1. The quantitative estimate of drug-likeness (QED) is 0.661. The van der Waals surface area contributed by atoms with E-state index in [2.05, 4.69) is 11.8 Å². The van der Waals surface area contributed by atoms with E-state index >= 15 is 0 Å². The van der Waals surface area contributed by atoms with E-state index in [-0.39, 0.29) is 11.5 Å². The molecule has 0 fully saturated rings. The summed E-state index contributed by atoms with van der Waals surface area (Å²) in [6.45, 7) is 0. The highest BCUT2D eigenvalue weighted by Crippen LogP contribution is 2.34. The van der Waals surface area contributed by atoms with Crippen LogP contribution in [0.3, 0.4) is 0 Å². The Morgan fingerprint density at radius 3 is 2.48 bits per heavy atom. The van der Waals surface area contributed by atoms with Crippen molar-refractivity contribution in [1.29, 1.82) is 0 Å². The van der Waals surface area contributed by atoms with Crippen LogP contribution < -0.4 is 9.64 Å². The molecule has 0 radical (unpaired) electrons. The van der Waals surface area contributed by atoms with Gasteiger partial charge in [0.2, 0.25) is 0 Å². The van der Waals surface area contributed by atoms with Crippen LogP contribution in [-0.4, -0.2) is 30.1 Å². The Balaban J connectivity index is 1.51. The molecule has 1 N–H and O–H groups in total. The number of amides is 1. The molecule has 4 rings (SSSR count). The Labute approximate surface area is 180 Å². The van der Waals surface area contributed by atoms with Crippen molar-refractivity contribution in [3.8, 4) is 17.6 Å². The third-order valence-electron chi connectivity index (χ3n) is 5.19. The predicted molar refractivity (Wildman–Crippen MR) is 118 cm³/mol. The fraction of sp³-hybridized carbons (Fsp3) is 0.154. The van der Waals surface area contributed by atoms with E-state index in [0.29, 0.717) is 24.3 Å². The SMILES string of the molecule is CN1C(=O)C(Cc2ccc(C(=O)O)cc2)Oc2cc(C#CCc3ccccc3)ccc21. The molecule has 0 spiro atoms. The highest BCUT2D eigenvalue weighted by Gasteiger charge is 2.32. The van der Waals surface area contributed by atoms with Crippen molar-refractivity contribution in [1.82, 2.24) is 0 Å². The van der Waals surface area contributed by atoms with Gasteiger partial charge in [-0.15, -0.1) is 0 Å². The lowest BCUT2D eigenvalue weighted by atomic mass is 10.0. The smallest absolute Gasteiger partial charge is 0.335 e. The van der Waals surface area contributed by atoms with Crippen molar-refractivity contribution in [3.63, 3.8) is 0 Å². The summed E-state index contributed by atoms with van der Waals surface area (Å²) in [4.78, 5) is 25.4. The molecule has 0 aromatic heterocycles. The minimum absolute atomic E-state index is 0.141. The Bertz CT molecular complexity index is 1170. The molecule has 3 aromatic carbocycles. The largest absolute Gasteiger partial charge is 0.478 e. The summed E-state index contributed by atoms with van der Waals surface area (Å²) < 4.78 is 6.03. The molecule has 1 aliphatic heterocycles. The molecule has 5 nitrogen and oxygen atoms in total. The number of carboxylic acids is 1. The third-order valence-corrected chi connectivity index (χ3v) is 5.19. The van der Waals surface area contributed by atoms with Crippen LogP contribution in [-0.2, 0) is 17.6 Å². The van der Waals surface area contributed by atoms with Crippen LogP contribution in [0.1, 0.15) is 27.0 Å². The number of fused-ring (bicyclic) bond motifs is 1. The average Bonchev–Trinajstić information content (AvgIpc) is 2.78. The van der Waals surface area contributed by atoms with Gasteiger partial charge in [-0.2, -0.15) is 0 Å². The van der Waals surface area contributed by atoms with E-state index in [0.717, 1.165) is 16.7 Å². The molecular formula is C26H21NO4. The van der Waals surface area contributed by atoms with Gasteiger partial charge >= 0.3 is 5.97 Å². The number of likely N-dealkylation sites (N-methyl/N-ethyl adjacent to an activating group) is 1. The van der Waals surface area contributed by atoms with Gasteiger partial charge in [-0.05, 0) is 41.5 Å². The van der Waals surface area contributed by atoms with Crippen LogP contribution in [0.5, 0.6) is 5.75 Å². The number of carbonyl (C=O) groups excluding carboxylic acids is 1. The van der Waals surface area contributed by atoms with Crippen LogP contribution in [0.2, 0.25) is 0 Å². The molecule has 31 heavy (non-hydrogen) atoms. The molecular weight excluding hydrogens is 390 g/mol. The van der Waals surface area contributed by atoms with E-state index in [1.807, 2.05) is 48.5 Å². The molecule has 3 aromatic rings. The van der Waals surface area contributed by atoms with Crippen molar-refractivity contribution in [2.45, 2.75) is 18.9 Å². The molecule has 1 aliphatic rings. The standard InChI is InChI=1S/C26H21NO4/c1-27-22-15-12-19(9-5-8-18-6-3-2-4-7-18)16-23(22)31-24(25(27)28)17-20-10-13-21(14-11-20)26(29)30/h2-4,6-7,10-16,24H,8,17H2,1H3,(H,29,30). The molecule has 1 amide bonds. The highest BCUT2D eigenvalue weighted by atomic mass is 16.5. The highest BCUT2D eigenvalue weighted by molar-refractivity contribution is 5.99. The van der Waals surface area contributed by atoms with Crippen LogP contribution in [0, 0.1) is 11.8 Å². The third kappa shape index (κ3) is 4.59. The van der Waals surface area contributed by atoms with Crippen molar-refractivity contribution in [2.24, 2.45) is 0 Å². The molecule has 1 heterocycles. The molecule has 0 saturated carbocycles. The Morgan fingerprint density at radius 2 is 1.77 bits per heavy atom. The number of carbonyl (C=O) groups is 2. The summed E-state index contributed by atoms with van der Waals surface area (Å²) in [5.41, 5.74) is 3.72. The maximum absolute atomic E-state index is 12.8. The van der Waals surface area contributed by atoms with E-state index in [4.69, 9.17) is 9.84 Å². The monoisotopic (exact) mass is 411 g/mol. The Hall–Kier alpha value is -4.04. The maximum atomic E-state index is 12.8. The number of hydrogen-bond acceptors (Lipinski definition) is 3. The number of ether oxygens (including phenoxy) is 1. The molecule has 0 saturated heterocycles. The number of anilines is 1. The number of hydrogen-bond donors (Lipinski definition) is 1. The zero-order valence-corrected chi connectivity index (χ0v) is 17.0. The average molecular weight is 411 g/mol. The number of carboxylic acid groups (broad SMARTS) is 1. The minimum Gasteiger partial charge on any atom is -0.478 e. The normalized spacial score (nSPS) is 14.8. The van der Waals surface area contributed by atoms with Gasteiger partial charge in [0.05, 0.1) is 11.3 Å². The topological polar surface area (TPSA) is 66.8 Å². The first-order valence-electron chi connectivity index (χ1n) is 9.94. The molecule has 5 heteroatoms. The van der Waals surface area contributed by atoms with Gasteiger partial charge in [-0.3, -0.25) is 4.79 Å². The van der Waals surface area contributed by atoms with Gasteiger partial charge in [0.15, 0.2) is 6.10 Å². The lowest BCUT2D eigenvalue weighted by Gasteiger charge is -2.32. The van der Waals surface area contributed by atoms with E-state index < -0.39 is 12.1 Å². The lowest BCUT2D eigenvalue weighted by Crippen LogP contribution is -2.44. The molecule has 1 unspecified atom stereocenters. The fourth-order valence-corrected chi connectivity index (χ4v) is 3.47. The predicted octanol–water partition coefficient (Wildman–Crippen LogP) is 3.95. The van der Waals surface area contributed by atoms with Gasteiger partial charge in [0, 0.05) is 25.5 Å². The van der Waals surface area contributed by atoms with Crippen LogP contribution in [0.25, 0.3) is 0 Å². The van der Waals surface area contributed by atoms with Crippen molar-refractivity contribution >= 4 is 17.6 Å². The van der Waals surface area contributed by atoms with Crippen molar-refractivity contribution in [2.75, 3.05) is 11.9 Å². The van der Waals surface area contributed by atoms with Crippen molar-refractivity contribution < 1.29 is 19.4 Å². The summed E-state index contributed by atoms with van der Waals surface area (Å²) >= 11 is 0. The minimum atomic E-state index is -0.980. The zero-order chi connectivity index (χ0) is 21.8.